The molecule has 0 atom stereocenters. The Balaban J connectivity index is 1.13. The number of anilines is 1. The maximum atomic E-state index is 4.52. The molecule has 1 fully saturated rings. The molecule has 1 aliphatic heterocycles. The van der Waals surface area contributed by atoms with Gasteiger partial charge >= 0.3 is 0 Å². The first-order valence-corrected chi connectivity index (χ1v) is 12.4. The molecule has 2 aromatic heterocycles. The van der Waals surface area contributed by atoms with Gasteiger partial charge in [-0.1, -0.05) is 72.0 Å². The predicted octanol–water partition coefficient (Wildman–Crippen LogP) is 3.98. The lowest BCUT2D eigenvalue weighted by Crippen LogP contribution is -2.45. The SMILES string of the molecule is c1ccc(CCNCc2cccn2-c2nnc(N3CCN(Cc4ccccc4)CC3)s2)cc1. The van der Waals surface area contributed by atoms with Crippen molar-refractivity contribution in [2.75, 3.05) is 37.6 Å². The number of hydrogen-bond donors (Lipinski definition) is 1. The molecule has 4 aromatic rings. The van der Waals surface area contributed by atoms with E-state index in [9.17, 15) is 0 Å². The molecule has 0 saturated carbocycles. The Morgan fingerprint density at radius 1 is 0.758 bits per heavy atom. The van der Waals surface area contributed by atoms with Gasteiger partial charge in [0.15, 0.2) is 0 Å². The smallest absolute Gasteiger partial charge is 0.218 e. The van der Waals surface area contributed by atoms with E-state index in [0.717, 1.165) is 62.5 Å². The molecule has 1 aliphatic rings. The van der Waals surface area contributed by atoms with E-state index in [2.05, 4.69) is 109 Å². The predicted molar refractivity (Wildman–Crippen MR) is 135 cm³/mol. The molecule has 170 valence electrons. The maximum absolute atomic E-state index is 4.52. The van der Waals surface area contributed by atoms with Crippen LogP contribution in [0.5, 0.6) is 0 Å². The van der Waals surface area contributed by atoms with Gasteiger partial charge in [0.1, 0.15) is 0 Å². The molecule has 2 aromatic carbocycles. The molecular weight excluding hydrogens is 428 g/mol. The quantitative estimate of drug-likeness (QED) is 0.385. The second kappa shape index (κ2) is 10.7. The summed E-state index contributed by atoms with van der Waals surface area (Å²) in [6.07, 6.45) is 3.11. The molecule has 0 aliphatic carbocycles. The number of benzene rings is 2. The number of piperazine rings is 1. The summed E-state index contributed by atoms with van der Waals surface area (Å²) >= 11 is 1.67. The zero-order valence-electron chi connectivity index (χ0n) is 18.8. The van der Waals surface area contributed by atoms with E-state index in [1.807, 2.05) is 0 Å². The highest BCUT2D eigenvalue weighted by Crippen LogP contribution is 2.25. The minimum atomic E-state index is 0.812. The monoisotopic (exact) mass is 458 g/mol. The van der Waals surface area contributed by atoms with E-state index >= 15 is 0 Å². The van der Waals surface area contributed by atoms with Gasteiger partial charge in [0, 0.05) is 51.2 Å². The minimum absolute atomic E-state index is 0.812. The molecule has 6 nitrogen and oxygen atoms in total. The topological polar surface area (TPSA) is 49.2 Å². The Morgan fingerprint density at radius 3 is 2.21 bits per heavy atom. The van der Waals surface area contributed by atoms with Crippen LogP contribution in [0.2, 0.25) is 0 Å². The van der Waals surface area contributed by atoms with Gasteiger partial charge in [-0.25, -0.2) is 0 Å². The molecule has 0 amide bonds. The summed E-state index contributed by atoms with van der Waals surface area (Å²) in [6, 6.07) is 25.5. The number of aromatic nitrogens is 3. The van der Waals surface area contributed by atoms with E-state index in [1.54, 1.807) is 11.3 Å². The number of nitrogens with zero attached hydrogens (tertiary/aromatic N) is 5. The largest absolute Gasteiger partial charge is 0.344 e. The van der Waals surface area contributed by atoms with E-state index in [0.29, 0.717) is 0 Å². The van der Waals surface area contributed by atoms with Gasteiger partial charge in [-0.2, -0.15) is 0 Å². The first-order chi connectivity index (χ1) is 16.3. The molecular formula is C26H30N6S. The van der Waals surface area contributed by atoms with Crippen LogP contribution >= 0.6 is 11.3 Å². The lowest BCUT2D eigenvalue weighted by Gasteiger charge is -2.34. The summed E-state index contributed by atoms with van der Waals surface area (Å²) in [7, 11) is 0. The summed E-state index contributed by atoms with van der Waals surface area (Å²) in [5, 5.41) is 14.5. The third-order valence-electron chi connectivity index (χ3n) is 6.07. The van der Waals surface area contributed by atoms with Crippen molar-refractivity contribution in [2.45, 2.75) is 19.5 Å². The van der Waals surface area contributed by atoms with Crippen LogP contribution in [0.3, 0.4) is 0 Å². The van der Waals surface area contributed by atoms with E-state index in [4.69, 9.17) is 0 Å². The standard InChI is InChI=1S/C26H30N6S/c1-3-8-22(9-4-1)13-14-27-20-24-12-7-15-32(24)26-29-28-25(33-26)31-18-16-30(17-19-31)21-23-10-5-2-6-11-23/h1-12,15,27H,13-14,16-21H2. The number of nitrogens with one attached hydrogen (secondary N) is 1. The van der Waals surface area contributed by atoms with E-state index < -0.39 is 0 Å². The Morgan fingerprint density at radius 2 is 1.45 bits per heavy atom. The first-order valence-electron chi connectivity index (χ1n) is 11.6. The highest BCUT2D eigenvalue weighted by Gasteiger charge is 2.21. The van der Waals surface area contributed by atoms with Crippen molar-refractivity contribution in [3.63, 3.8) is 0 Å². The lowest BCUT2D eigenvalue weighted by atomic mass is 10.1. The van der Waals surface area contributed by atoms with Crippen LogP contribution in [0.1, 0.15) is 16.8 Å². The van der Waals surface area contributed by atoms with Crippen LogP contribution in [0, 0.1) is 0 Å². The van der Waals surface area contributed by atoms with Crippen molar-refractivity contribution in [2.24, 2.45) is 0 Å². The highest BCUT2D eigenvalue weighted by atomic mass is 32.1. The number of hydrogen-bond acceptors (Lipinski definition) is 6. The van der Waals surface area contributed by atoms with Gasteiger partial charge in [-0.15, -0.1) is 10.2 Å². The molecule has 0 spiro atoms. The van der Waals surface area contributed by atoms with E-state index in [-0.39, 0.29) is 0 Å². The molecule has 33 heavy (non-hydrogen) atoms. The molecule has 3 heterocycles. The Labute approximate surface area is 199 Å². The normalized spacial score (nSPS) is 14.6. The van der Waals surface area contributed by atoms with Crippen molar-refractivity contribution in [3.8, 4) is 5.13 Å². The van der Waals surface area contributed by atoms with Crippen molar-refractivity contribution < 1.29 is 0 Å². The molecule has 0 radical (unpaired) electrons. The van der Waals surface area contributed by atoms with Gasteiger partial charge in [0.2, 0.25) is 10.3 Å². The molecule has 5 rings (SSSR count). The third kappa shape index (κ3) is 5.68. The van der Waals surface area contributed by atoms with Crippen LogP contribution in [0.4, 0.5) is 5.13 Å². The fourth-order valence-electron chi connectivity index (χ4n) is 4.21. The lowest BCUT2D eigenvalue weighted by molar-refractivity contribution is 0.249. The summed E-state index contributed by atoms with van der Waals surface area (Å²) in [5.74, 6) is 0. The van der Waals surface area contributed by atoms with Crippen LogP contribution in [-0.2, 0) is 19.5 Å². The van der Waals surface area contributed by atoms with Gasteiger partial charge in [0.25, 0.3) is 0 Å². The fourth-order valence-corrected chi connectivity index (χ4v) is 5.13. The summed E-state index contributed by atoms with van der Waals surface area (Å²) in [5.41, 5.74) is 3.94. The average molecular weight is 459 g/mol. The third-order valence-corrected chi connectivity index (χ3v) is 7.06. The Hall–Kier alpha value is -3.00. The maximum Gasteiger partial charge on any atom is 0.218 e. The second-order valence-corrected chi connectivity index (χ2v) is 9.33. The fraction of sp³-hybridized carbons (Fsp3) is 0.308. The van der Waals surface area contributed by atoms with E-state index in [1.165, 1.54) is 16.8 Å². The van der Waals surface area contributed by atoms with Crippen LogP contribution in [0.25, 0.3) is 5.13 Å². The van der Waals surface area contributed by atoms with Crippen molar-refractivity contribution in [1.29, 1.82) is 0 Å². The van der Waals surface area contributed by atoms with Crippen LogP contribution in [-0.4, -0.2) is 52.4 Å². The second-order valence-electron chi connectivity index (χ2n) is 8.40. The number of rotatable bonds is 9. The Kier molecular flexibility index (Phi) is 7.11. The van der Waals surface area contributed by atoms with Crippen molar-refractivity contribution in [1.82, 2.24) is 25.0 Å². The molecule has 1 N–H and O–H groups in total. The molecule has 0 unspecified atom stereocenters. The molecule has 1 saturated heterocycles. The molecule has 7 heteroatoms. The van der Waals surface area contributed by atoms with Crippen LogP contribution in [0.15, 0.2) is 79.0 Å². The zero-order valence-corrected chi connectivity index (χ0v) is 19.6. The van der Waals surface area contributed by atoms with Gasteiger partial charge in [-0.3, -0.25) is 9.47 Å². The summed E-state index contributed by atoms with van der Waals surface area (Å²) in [6.45, 7) is 6.84. The average Bonchev–Trinajstić information content (AvgIpc) is 3.53. The van der Waals surface area contributed by atoms with Gasteiger partial charge < -0.3 is 10.2 Å². The van der Waals surface area contributed by atoms with Crippen molar-refractivity contribution in [3.05, 3.63) is 95.8 Å². The zero-order chi connectivity index (χ0) is 22.3. The highest BCUT2D eigenvalue weighted by molar-refractivity contribution is 7.17. The minimum Gasteiger partial charge on any atom is -0.344 e. The Bertz CT molecular complexity index is 1120. The van der Waals surface area contributed by atoms with Crippen LogP contribution < -0.4 is 10.2 Å². The van der Waals surface area contributed by atoms with Crippen molar-refractivity contribution >= 4 is 16.5 Å². The summed E-state index contributed by atoms with van der Waals surface area (Å²) in [4.78, 5) is 4.88. The first kappa shape index (κ1) is 21.8. The van der Waals surface area contributed by atoms with Gasteiger partial charge in [0.05, 0.1) is 0 Å². The van der Waals surface area contributed by atoms with Gasteiger partial charge in [-0.05, 0) is 36.2 Å². The summed E-state index contributed by atoms with van der Waals surface area (Å²) < 4.78 is 2.16. The molecule has 0 bridgehead atoms.